The molecule has 0 saturated heterocycles. The molecule has 0 spiro atoms. The summed E-state index contributed by atoms with van der Waals surface area (Å²) in [6.45, 7) is 0.215. The van der Waals surface area contributed by atoms with Gasteiger partial charge in [-0.1, -0.05) is 11.8 Å². The number of ether oxygens (including phenoxy) is 2. The average Bonchev–Trinajstić information content (AvgIpc) is 3.08. The number of thioether (sulfide) groups is 1. The molecule has 0 bridgehead atoms. The predicted molar refractivity (Wildman–Crippen MR) is 78.0 cm³/mol. The highest BCUT2D eigenvalue weighted by Crippen LogP contribution is 2.36. The van der Waals surface area contributed by atoms with E-state index in [1.807, 2.05) is 0 Å². The zero-order chi connectivity index (χ0) is 14.9. The second-order valence-electron chi connectivity index (χ2n) is 5.04. The number of fused-ring (bicyclic) bond motifs is 1. The SMILES string of the molecule is O=C(CSc1nnnn1C1CC1)Nc1ccc2c(c1)OCO2. The standard InChI is InChI=1S/C13H13N5O3S/c19-12(6-22-13-15-16-17-18(13)9-2-3-9)14-8-1-4-10-11(5-8)21-7-20-10/h1,4-5,9H,2-3,6-7H2,(H,14,19). The van der Waals surface area contributed by atoms with Crippen LogP contribution >= 0.6 is 11.8 Å². The minimum Gasteiger partial charge on any atom is -0.454 e. The number of nitrogens with one attached hydrogen (secondary N) is 1. The number of amides is 1. The smallest absolute Gasteiger partial charge is 0.234 e. The van der Waals surface area contributed by atoms with E-state index in [0.29, 0.717) is 28.4 Å². The lowest BCUT2D eigenvalue weighted by atomic mass is 10.3. The highest BCUT2D eigenvalue weighted by atomic mass is 32.2. The zero-order valence-electron chi connectivity index (χ0n) is 11.6. The highest BCUT2D eigenvalue weighted by Gasteiger charge is 2.28. The van der Waals surface area contributed by atoms with E-state index < -0.39 is 0 Å². The third kappa shape index (κ3) is 2.71. The van der Waals surface area contributed by atoms with Crippen molar-refractivity contribution in [3.8, 4) is 11.5 Å². The Hall–Kier alpha value is -2.29. The number of hydrogen-bond acceptors (Lipinski definition) is 7. The molecule has 9 heteroatoms. The Balaban J connectivity index is 1.35. The molecule has 22 heavy (non-hydrogen) atoms. The van der Waals surface area contributed by atoms with Gasteiger partial charge in [0.25, 0.3) is 0 Å². The second-order valence-corrected chi connectivity index (χ2v) is 5.98. The molecule has 1 N–H and O–H groups in total. The summed E-state index contributed by atoms with van der Waals surface area (Å²) in [5.74, 6) is 1.47. The first-order chi connectivity index (χ1) is 10.8. The van der Waals surface area contributed by atoms with Gasteiger partial charge in [0.2, 0.25) is 17.9 Å². The summed E-state index contributed by atoms with van der Waals surface area (Å²) in [5, 5.41) is 15.1. The fraction of sp³-hybridized carbons (Fsp3) is 0.385. The van der Waals surface area contributed by atoms with Gasteiger partial charge < -0.3 is 14.8 Å². The van der Waals surface area contributed by atoms with Crippen LogP contribution < -0.4 is 14.8 Å². The minimum atomic E-state index is -0.116. The van der Waals surface area contributed by atoms with Crippen molar-refractivity contribution in [2.24, 2.45) is 0 Å². The number of rotatable bonds is 5. The molecule has 1 amide bonds. The summed E-state index contributed by atoms with van der Waals surface area (Å²) in [4.78, 5) is 12.0. The van der Waals surface area contributed by atoms with Gasteiger partial charge in [0.1, 0.15) is 0 Å². The zero-order valence-corrected chi connectivity index (χ0v) is 12.4. The van der Waals surface area contributed by atoms with Crippen LogP contribution in [0.3, 0.4) is 0 Å². The van der Waals surface area contributed by atoms with E-state index in [4.69, 9.17) is 9.47 Å². The Morgan fingerprint density at radius 2 is 2.23 bits per heavy atom. The van der Waals surface area contributed by atoms with Crippen molar-refractivity contribution in [3.63, 3.8) is 0 Å². The predicted octanol–water partition coefficient (Wildman–Crippen LogP) is 1.47. The van der Waals surface area contributed by atoms with E-state index in [2.05, 4.69) is 20.8 Å². The molecule has 1 fully saturated rings. The molecule has 2 aliphatic rings. The van der Waals surface area contributed by atoms with Crippen molar-refractivity contribution in [2.75, 3.05) is 17.9 Å². The van der Waals surface area contributed by atoms with Crippen LogP contribution in [0.1, 0.15) is 18.9 Å². The maximum Gasteiger partial charge on any atom is 0.234 e. The second kappa shape index (κ2) is 5.48. The Morgan fingerprint density at radius 3 is 3.09 bits per heavy atom. The van der Waals surface area contributed by atoms with Crippen molar-refractivity contribution in [3.05, 3.63) is 18.2 Å². The summed E-state index contributed by atoms with van der Waals surface area (Å²) in [6.07, 6.45) is 2.20. The first kappa shape index (κ1) is 13.4. The first-order valence-corrected chi connectivity index (χ1v) is 7.88. The molecular formula is C13H13N5O3S. The molecule has 1 saturated carbocycles. The van der Waals surface area contributed by atoms with Crippen LogP contribution in [0.25, 0.3) is 0 Å². The van der Waals surface area contributed by atoms with E-state index in [1.54, 1.807) is 22.9 Å². The minimum absolute atomic E-state index is 0.116. The average molecular weight is 319 g/mol. The fourth-order valence-corrected chi connectivity index (χ4v) is 2.87. The summed E-state index contributed by atoms with van der Waals surface area (Å²) in [5.41, 5.74) is 0.677. The number of benzene rings is 1. The van der Waals surface area contributed by atoms with E-state index in [9.17, 15) is 4.79 Å². The Bertz CT molecular complexity index is 715. The monoisotopic (exact) mass is 319 g/mol. The van der Waals surface area contributed by atoms with E-state index in [0.717, 1.165) is 12.8 Å². The highest BCUT2D eigenvalue weighted by molar-refractivity contribution is 7.99. The maximum atomic E-state index is 12.0. The number of aromatic nitrogens is 4. The Labute approximate surface area is 130 Å². The lowest BCUT2D eigenvalue weighted by molar-refractivity contribution is -0.113. The topological polar surface area (TPSA) is 91.2 Å². The molecule has 1 aliphatic carbocycles. The quantitative estimate of drug-likeness (QED) is 0.834. The van der Waals surface area contributed by atoms with Gasteiger partial charge >= 0.3 is 0 Å². The Morgan fingerprint density at radius 1 is 1.36 bits per heavy atom. The van der Waals surface area contributed by atoms with Crippen LogP contribution in [-0.2, 0) is 4.79 Å². The molecule has 4 rings (SSSR count). The number of nitrogens with zero attached hydrogens (tertiary/aromatic N) is 4. The summed E-state index contributed by atoms with van der Waals surface area (Å²) < 4.78 is 12.3. The van der Waals surface area contributed by atoms with Gasteiger partial charge in [0, 0.05) is 11.8 Å². The molecule has 2 heterocycles. The van der Waals surface area contributed by atoms with Gasteiger partial charge in [0.05, 0.1) is 11.8 Å². The van der Waals surface area contributed by atoms with Crippen LogP contribution in [0.5, 0.6) is 11.5 Å². The number of tetrazole rings is 1. The van der Waals surface area contributed by atoms with Crippen molar-refractivity contribution < 1.29 is 14.3 Å². The molecule has 1 aliphatic heterocycles. The normalized spacial score (nSPS) is 15.8. The molecule has 114 valence electrons. The number of carbonyl (C=O) groups is 1. The van der Waals surface area contributed by atoms with Crippen LogP contribution in [0.15, 0.2) is 23.4 Å². The number of anilines is 1. The van der Waals surface area contributed by atoms with Crippen molar-refractivity contribution in [2.45, 2.75) is 24.0 Å². The largest absolute Gasteiger partial charge is 0.454 e. The molecule has 2 aromatic rings. The molecule has 1 aromatic heterocycles. The summed E-state index contributed by atoms with van der Waals surface area (Å²) in [7, 11) is 0. The summed E-state index contributed by atoms with van der Waals surface area (Å²) in [6, 6.07) is 5.71. The van der Waals surface area contributed by atoms with Gasteiger partial charge in [-0.05, 0) is 35.4 Å². The van der Waals surface area contributed by atoms with Crippen LogP contribution in [0.4, 0.5) is 5.69 Å². The van der Waals surface area contributed by atoms with Crippen LogP contribution in [0.2, 0.25) is 0 Å². The van der Waals surface area contributed by atoms with Gasteiger partial charge in [-0.15, -0.1) is 5.10 Å². The third-order valence-electron chi connectivity index (χ3n) is 3.34. The number of carbonyl (C=O) groups excluding carboxylic acids is 1. The first-order valence-electron chi connectivity index (χ1n) is 6.90. The van der Waals surface area contributed by atoms with Gasteiger partial charge in [-0.2, -0.15) is 0 Å². The third-order valence-corrected chi connectivity index (χ3v) is 4.28. The van der Waals surface area contributed by atoms with Gasteiger partial charge in [-0.3, -0.25) is 4.79 Å². The lowest BCUT2D eigenvalue weighted by Gasteiger charge is -2.06. The number of hydrogen-bond donors (Lipinski definition) is 1. The van der Waals surface area contributed by atoms with E-state index in [-0.39, 0.29) is 18.5 Å². The van der Waals surface area contributed by atoms with Gasteiger partial charge in [0.15, 0.2) is 11.5 Å². The van der Waals surface area contributed by atoms with Crippen molar-refractivity contribution in [1.29, 1.82) is 0 Å². The van der Waals surface area contributed by atoms with Gasteiger partial charge in [-0.25, -0.2) is 4.68 Å². The van der Waals surface area contributed by atoms with Crippen LogP contribution in [-0.4, -0.2) is 38.7 Å². The lowest BCUT2D eigenvalue weighted by Crippen LogP contribution is -2.14. The van der Waals surface area contributed by atoms with Crippen LogP contribution in [0, 0.1) is 0 Å². The van der Waals surface area contributed by atoms with Crippen molar-refractivity contribution >= 4 is 23.4 Å². The molecule has 0 atom stereocenters. The molecule has 0 radical (unpaired) electrons. The Kier molecular flexibility index (Phi) is 3.34. The molecule has 0 unspecified atom stereocenters. The van der Waals surface area contributed by atoms with E-state index in [1.165, 1.54) is 11.8 Å². The molecule has 8 nitrogen and oxygen atoms in total. The summed E-state index contributed by atoms with van der Waals surface area (Å²) >= 11 is 1.33. The van der Waals surface area contributed by atoms with Crippen molar-refractivity contribution in [1.82, 2.24) is 20.2 Å². The maximum absolute atomic E-state index is 12.0. The fourth-order valence-electron chi connectivity index (χ4n) is 2.13. The molecule has 1 aromatic carbocycles. The molecular weight excluding hydrogens is 306 g/mol. The van der Waals surface area contributed by atoms with E-state index >= 15 is 0 Å².